The Morgan fingerprint density at radius 3 is 2.78 bits per heavy atom. The van der Waals surface area contributed by atoms with Gasteiger partial charge < -0.3 is 19.9 Å². The summed E-state index contributed by atoms with van der Waals surface area (Å²) in [6, 6.07) is 13.1. The summed E-state index contributed by atoms with van der Waals surface area (Å²) < 4.78 is 11.6. The van der Waals surface area contributed by atoms with Gasteiger partial charge in [-0.1, -0.05) is 24.3 Å². The fraction of sp³-hybridized carbons (Fsp3) is 0.409. The van der Waals surface area contributed by atoms with E-state index >= 15 is 0 Å². The Morgan fingerprint density at radius 2 is 1.96 bits per heavy atom. The predicted octanol–water partition coefficient (Wildman–Crippen LogP) is 3.23. The van der Waals surface area contributed by atoms with Gasteiger partial charge in [0.2, 0.25) is 0 Å². The van der Waals surface area contributed by atoms with Gasteiger partial charge >= 0.3 is 0 Å². The molecule has 142 valence electrons. The maximum Gasteiger partial charge on any atom is 0.157 e. The molecule has 0 aromatic heterocycles. The van der Waals surface area contributed by atoms with E-state index in [4.69, 9.17) is 9.47 Å². The lowest BCUT2D eigenvalue weighted by molar-refractivity contribution is -0.0226. The second kappa shape index (κ2) is 7.61. The second-order valence-corrected chi connectivity index (χ2v) is 7.37. The van der Waals surface area contributed by atoms with Crippen molar-refractivity contribution >= 4 is 6.29 Å². The number of benzene rings is 2. The number of aromatic hydroxyl groups is 1. The lowest BCUT2D eigenvalue weighted by Gasteiger charge is -2.55. The van der Waals surface area contributed by atoms with Crippen LogP contribution in [-0.4, -0.2) is 38.2 Å². The van der Waals surface area contributed by atoms with Crippen molar-refractivity contribution in [2.75, 3.05) is 26.8 Å². The van der Waals surface area contributed by atoms with Gasteiger partial charge in [-0.05, 0) is 61.0 Å². The zero-order chi connectivity index (χ0) is 18.8. The molecule has 2 N–H and O–H groups in total. The van der Waals surface area contributed by atoms with Crippen molar-refractivity contribution in [3.63, 3.8) is 0 Å². The summed E-state index contributed by atoms with van der Waals surface area (Å²) >= 11 is 0. The average Bonchev–Trinajstić information content (AvgIpc) is 2.69. The molecule has 3 unspecified atom stereocenters. The van der Waals surface area contributed by atoms with E-state index in [1.807, 2.05) is 12.1 Å². The molecule has 27 heavy (non-hydrogen) atoms. The Hall–Kier alpha value is -2.53. The maximum absolute atomic E-state index is 11.3. The van der Waals surface area contributed by atoms with E-state index < -0.39 is 0 Å². The fourth-order valence-corrected chi connectivity index (χ4v) is 4.86. The van der Waals surface area contributed by atoms with Crippen molar-refractivity contribution in [1.82, 2.24) is 5.32 Å². The minimum atomic E-state index is -0.0443. The lowest BCUT2D eigenvalue weighted by Crippen LogP contribution is -2.55. The van der Waals surface area contributed by atoms with Crippen molar-refractivity contribution < 1.29 is 19.4 Å². The number of aldehydes is 1. The number of para-hydroxylation sites is 1. The normalized spacial score (nSPS) is 26.6. The molecule has 5 nitrogen and oxygen atoms in total. The molecule has 1 aliphatic heterocycles. The largest absolute Gasteiger partial charge is 0.507 e. The molecule has 0 spiro atoms. The second-order valence-electron chi connectivity index (χ2n) is 7.37. The van der Waals surface area contributed by atoms with Gasteiger partial charge in [0.1, 0.15) is 17.2 Å². The van der Waals surface area contributed by atoms with Crippen molar-refractivity contribution in [2.24, 2.45) is 17.8 Å². The van der Waals surface area contributed by atoms with Crippen LogP contribution in [0.15, 0.2) is 42.5 Å². The number of ether oxygens (including phenoxy) is 2. The standard InChI is InChI=1S/C22H25NO4/c1-26-20-7-3-2-5-15(20)22-16-11-23-10-9-14(16)18(22)13-27-21-8-4-6-19(25)17(21)12-24/h2-8,12,14,16,18,22-23,25H,9-11,13H2,1H3/t14?,16-,18?,22?/m0/s1. The number of carbonyl (C=O) groups excluding carboxylic acids is 1. The number of carbonyl (C=O) groups is 1. The number of phenols is 1. The van der Waals surface area contributed by atoms with Gasteiger partial charge in [0, 0.05) is 5.92 Å². The Morgan fingerprint density at radius 1 is 1.15 bits per heavy atom. The Balaban J connectivity index is 1.58. The quantitative estimate of drug-likeness (QED) is 0.768. The van der Waals surface area contributed by atoms with Crippen LogP contribution in [0.4, 0.5) is 0 Å². The number of nitrogens with one attached hydrogen (secondary N) is 1. The molecule has 2 aromatic rings. The first-order valence-corrected chi connectivity index (χ1v) is 9.48. The number of hydrogen-bond donors (Lipinski definition) is 2. The summed E-state index contributed by atoms with van der Waals surface area (Å²) in [5.74, 6) is 3.20. The third kappa shape index (κ3) is 3.16. The number of hydrogen-bond acceptors (Lipinski definition) is 5. The van der Waals surface area contributed by atoms with E-state index in [0.29, 0.717) is 42.3 Å². The molecule has 1 saturated heterocycles. The van der Waals surface area contributed by atoms with Crippen LogP contribution in [0, 0.1) is 17.8 Å². The highest BCUT2D eigenvalue weighted by Gasteiger charge is 2.52. The molecule has 4 rings (SSSR count). The molecule has 1 saturated carbocycles. The fourth-order valence-electron chi connectivity index (χ4n) is 4.86. The first-order valence-electron chi connectivity index (χ1n) is 9.48. The van der Waals surface area contributed by atoms with E-state index in [9.17, 15) is 9.90 Å². The Bertz CT molecular complexity index is 822. The van der Waals surface area contributed by atoms with Crippen LogP contribution >= 0.6 is 0 Å². The molecule has 1 heterocycles. The predicted molar refractivity (Wildman–Crippen MR) is 103 cm³/mol. The molecule has 0 radical (unpaired) electrons. The van der Waals surface area contributed by atoms with E-state index in [2.05, 4.69) is 17.4 Å². The van der Waals surface area contributed by atoms with Crippen LogP contribution in [0.5, 0.6) is 17.2 Å². The van der Waals surface area contributed by atoms with Crippen LogP contribution in [0.25, 0.3) is 0 Å². The topological polar surface area (TPSA) is 67.8 Å². The smallest absolute Gasteiger partial charge is 0.157 e. The molecule has 4 atom stereocenters. The summed E-state index contributed by atoms with van der Waals surface area (Å²) in [5, 5.41) is 13.4. The molecule has 5 heteroatoms. The number of rotatable bonds is 6. The first kappa shape index (κ1) is 17.9. The number of fused-ring (bicyclic) bond motifs is 1. The highest BCUT2D eigenvalue weighted by atomic mass is 16.5. The van der Waals surface area contributed by atoms with Crippen molar-refractivity contribution in [3.8, 4) is 17.2 Å². The van der Waals surface area contributed by atoms with Gasteiger partial charge in [0.05, 0.1) is 19.3 Å². The number of methoxy groups -OCH3 is 1. The summed E-state index contributed by atoms with van der Waals surface area (Å²) in [6.07, 6.45) is 1.78. The van der Waals surface area contributed by atoms with Crippen LogP contribution in [0.2, 0.25) is 0 Å². The average molecular weight is 367 g/mol. The lowest BCUT2D eigenvalue weighted by atomic mass is 9.52. The van der Waals surface area contributed by atoms with Gasteiger partial charge in [0.25, 0.3) is 0 Å². The van der Waals surface area contributed by atoms with Gasteiger partial charge in [-0.15, -0.1) is 0 Å². The van der Waals surface area contributed by atoms with Crippen LogP contribution in [0.1, 0.15) is 28.3 Å². The summed E-state index contributed by atoms with van der Waals surface area (Å²) in [5.41, 5.74) is 1.44. The molecular formula is C22H25NO4. The molecule has 2 aromatic carbocycles. The third-order valence-electron chi connectivity index (χ3n) is 6.15. The molecule has 0 bridgehead atoms. The maximum atomic E-state index is 11.3. The first-order chi connectivity index (χ1) is 13.2. The van der Waals surface area contributed by atoms with Crippen molar-refractivity contribution in [3.05, 3.63) is 53.6 Å². The molecule has 0 amide bonds. The van der Waals surface area contributed by atoms with E-state index in [0.717, 1.165) is 25.3 Å². The summed E-state index contributed by atoms with van der Waals surface area (Å²) in [6.45, 7) is 2.56. The van der Waals surface area contributed by atoms with Gasteiger partial charge in [-0.25, -0.2) is 0 Å². The molecule has 1 aliphatic carbocycles. The Kier molecular flexibility index (Phi) is 5.03. The van der Waals surface area contributed by atoms with Gasteiger partial charge in [-0.2, -0.15) is 0 Å². The minimum Gasteiger partial charge on any atom is -0.507 e. The summed E-state index contributed by atoms with van der Waals surface area (Å²) in [7, 11) is 1.71. The van der Waals surface area contributed by atoms with E-state index in [1.54, 1.807) is 19.2 Å². The third-order valence-corrected chi connectivity index (χ3v) is 6.15. The monoisotopic (exact) mass is 367 g/mol. The Labute approximate surface area is 159 Å². The van der Waals surface area contributed by atoms with Gasteiger partial charge in [-0.3, -0.25) is 4.79 Å². The van der Waals surface area contributed by atoms with Crippen LogP contribution < -0.4 is 14.8 Å². The highest BCUT2D eigenvalue weighted by molar-refractivity contribution is 5.83. The van der Waals surface area contributed by atoms with Crippen LogP contribution in [0.3, 0.4) is 0 Å². The van der Waals surface area contributed by atoms with Crippen molar-refractivity contribution in [2.45, 2.75) is 12.3 Å². The zero-order valence-corrected chi connectivity index (χ0v) is 15.4. The summed E-state index contributed by atoms with van der Waals surface area (Å²) in [4.78, 5) is 11.3. The SMILES string of the molecule is COc1ccccc1C1C(COc2cccc(O)c2C=O)C2CCNC[C@@H]21. The molecule has 2 aliphatic rings. The molecular weight excluding hydrogens is 342 g/mol. The number of piperidine rings is 1. The number of phenolic OH excluding ortho intramolecular Hbond substituents is 1. The molecule has 2 fully saturated rings. The minimum absolute atomic E-state index is 0.0443. The zero-order valence-electron chi connectivity index (χ0n) is 15.4. The van der Waals surface area contributed by atoms with E-state index in [1.165, 1.54) is 11.6 Å². The van der Waals surface area contributed by atoms with Gasteiger partial charge in [0.15, 0.2) is 6.29 Å². The highest BCUT2D eigenvalue weighted by Crippen LogP contribution is 2.56. The van der Waals surface area contributed by atoms with Crippen LogP contribution in [-0.2, 0) is 0 Å². The van der Waals surface area contributed by atoms with Crippen molar-refractivity contribution in [1.29, 1.82) is 0 Å². The van der Waals surface area contributed by atoms with E-state index in [-0.39, 0.29) is 11.3 Å².